The van der Waals surface area contributed by atoms with Crippen molar-refractivity contribution in [2.24, 2.45) is 0 Å². The molecule has 2 aliphatic heterocycles. The second-order valence-electron chi connectivity index (χ2n) is 7.82. The lowest BCUT2D eigenvalue weighted by Crippen LogP contribution is -2.46. The van der Waals surface area contributed by atoms with Crippen LogP contribution in [-0.4, -0.2) is 52.6 Å². The smallest absolute Gasteiger partial charge is 0.330 e. The number of benzene rings is 2. The maximum atomic E-state index is 13.2. The number of ether oxygens (including phenoxy) is 1. The third-order valence-corrected chi connectivity index (χ3v) is 5.78. The van der Waals surface area contributed by atoms with Crippen LogP contribution in [0.2, 0.25) is 0 Å². The Morgan fingerprint density at radius 1 is 0.839 bits per heavy atom. The topological polar surface area (TPSA) is 84.0 Å². The zero-order valence-electron chi connectivity index (χ0n) is 17.3. The molecule has 2 heterocycles. The van der Waals surface area contributed by atoms with E-state index in [1.165, 1.54) is 6.92 Å². The van der Waals surface area contributed by atoms with Crippen molar-refractivity contribution in [3.63, 3.8) is 0 Å². The molecule has 1 saturated heterocycles. The van der Waals surface area contributed by atoms with E-state index in [0.717, 1.165) is 24.2 Å². The van der Waals surface area contributed by atoms with E-state index in [-0.39, 0.29) is 17.0 Å². The van der Waals surface area contributed by atoms with E-state index in [2.05, 4.69) is 0 Å². The lowest BCUT2D eigenvalue weighted by atomic mass is 10.1. The van der Waals surface area contributed by atoms with E-state index in [4.69, 9.17) is 4.74 Å². The summed E-state index contributed by atoms with van der Waals surface area (Å²) in [6.45, 7) is 2.68. The second kappa shape index (κ2) is 8.71. The zero-order chi connectivity index (χ0) is 22.0. The van der Waals surface area contributed by atoms with Crippen LogP contribution in [0.5, 0.6) is 0 Å². The maximum absolute atomic E-state index is 13.2. The van der Waals surface area contributed by atoms with E-state index in [0.29, 0.717) is 18.7 Å². The summed E-state index contributed by atoms with van der Waals surface area (Å²) in [7, 11) is 0. The first-order valence-electron chi connectivity index (χ1n) is 10.5. The van der Waals surface area contributed by atoms with E-state index < -0.39 is 29.9 Å². The normalized spacial score (nSPS) is 17.8. The number of esters is 1. The van der Waals surface area contributed by atoms with Crippen LogP contribution in [0.4, 0.5) is 0 Å². The van der Waals surface area contributed by atoms with Crippen LogP contribution in [0, 0.1) is 0 Å². The first kappa shape index (κ1) is 20.8. The minimum atomic E-state index is -1.16. The quantitative estimate of drug-likeness (QED) is 0.549. The summed E-state index contributed by atoms with van der Waals surface area (Å²) in [6, 6.07) is 14.1. The molecule has 0 saturated carbocycles. The molecule has 0 spiro atoms. The van der Waals surface area contributed by atoms with Crippen molar-refractivity contribution >= 4 is 23.7 Å². The fourth-order valence-corrected chi connectivity index (χ4v) is 4.05. The van der Waals surface area contributed by atoms with Crippen molar-refractivity contribution in [1.82, 2.24) is 9.80 Å². The second-order valence-corrected chi connectivity index (χ2v) is 7.82. The average Bonchev–Trinajstić information content (AvgIpc) is 3.07. The molecule has 0 aromatic heterocycles. The highest BCUT2D eigenvalue weighted by Crippen LogP contribution is 2.27. The van der Waals surface area contributed by atoms with Gasteiger partial charge in [0, 0.05) is 18.7 Å². The van der Waals surface area contributed by atoms with E-state index in [1.54, 1.807) is 53.4 Å². The number of imide groups is 1. The summed E-state index contributed by atoms with van der Waals surface area (Å²) in [5, 5.41) is 0. The lowest BCUT2D eigenvalue weighted by molar-refractivity contribution is -0.164. The van der Waals surface area contributed by atoms with Gasteiger partial charge < -0.3 is 9.64 Å². The van der Waals surface area contributed by atoms with Crippen LogP contribution in [0.1, 0.15) is 58.6 Å². The standard InChI is InChI=1S/C24H24N2O5/c1-16(26-21(27)18-12-6-7-13-19(18)22(26)28)24(30)31-20(17-10-4-2-5-11-17)23(29)25-14-8-3-9-15-25/h2,4-7,10-13,16,20H,3,8-9,14-15H2,1H3/t16-,20-/m1/s1. The Kier molecular flexibility index (Phi) is 5.84. The van der Waals surface area contributed by atoms with Crippen LogP contribution in [0.25, 0.3) is 0 Å². The predicted molar refractivity (Wildman–Crippen MR) is 112 cm³/mol. The SMILES string of the molecule is C[C@H](C(=O)O[C@@H](C(=O)N1CCCCC1)c1ccccc1)N1C(=O)c2ccccc2C1=O. The summed E-state index contributed by atoms with van der Waals surface area (Å²) >= 11 is 0. The van der Waals surface area contributed by atoms with E-state index in [9.17, 15) is 19.2 Å². The van der Waals surface area contributed by atoms with Crippen molar-refractivity contribution < 1.29 is 23.9 Å². The van der Waals surface area contributed by atoms with Gasteiger partial charge in [0.2, 0.25) is 6.10 Å². The Labute approximate surface area is 180 Å². The number of rotatable bonds is 5. The van der Waals surface area contributed by atoms with Gasteiger partial charge in [0.1, 0.15) is 6.04 Å². The molecule has 0 unspecified atom stereocenters. The number of amides is 3. The van der Waals surface area contributed by atoms with Gasteiger partial charge in [0.05, 0.1) is 11.1 Å². The van der Waals surface area contributed by atoms with Gasteiger partial charge in [-0.15, -0.1) is 0 Å². The van der Waals surface area contributed by atoms with Crippen molar-refractivity contribution in [3.05, 3.63) is 71.3 Å². The number of hydrogen-bond donors (Lipinski definition) is 0. The van der Waals surface area contributed by atoms with Crippen LogP contribution < -0.4 is 0 Å². The van der Waals surface area contributed by atoms with Crippen molar-refractivity contribution in [1.29, 1.82) is 0 Å². The van der Waals surface area contributed by atoms with Crippen molar-refractivity contribution in [3.8, 4) is 0 Å². The van der Waals surface area contributed by atoms with Crippen molar-refractivity contribution in [2.75, 3.05) is 13.1 Å². The number of fused-ring (bicyclic) bond motifs is 1. The molecule has 160 valence electrons. The number of hydrogen-bond acceptors (Lipinski definition) is 5. The minimum Gasteiger partial charge on any atom is -0.446 e. The number of carbonyl (C=O) groups is 4. The molecule has 2 aromatic rings. The molecule has 1 fully saturated rings. The van der Waals surface area contributed by atoms with Gasteiger partial charge in [-0.1, -0.05) is 42.5 Å². The fraction of sp³-hybridized carbons (Fsp3) is 0.333. The summed E-state index contributed by atoms with van der Waals surface area (Å²) < 4.78 is 5.65. The van der Waals surface area contributed by atoms with Crippen LogP contribution in [0.3, 0.4) is 0 Å². The molecule has 2 atom stereocenters. The summed E-state index contributed by atoms with van der Waals surface area (Å²) in [5.41, 5.74) is 1.08. The monoisotopic (exact) mass is 420 g/mol. The molecule has 31 heavy (non-hydrogen) atoms. The molecular formula is C24H24N2O5. The van der Waals surface area contributed by atoms with Gasteiger partial charge >= 0.3 is 5.97 Å². The Hall–Kier alpha value is -3.48. The van der Waals surface area contributed by atoms with Crippen LogP contribution >= 0.6 is 0 Å². The largest absolute Gasteiger partial charge is 0.446 e. The number of carbonyl (C=O) groups excluding carboxylic acids is 4. The highest BCUT2D eigenvalue weighted by Gasteiger charge is 2.42. The molecule has 2 aromatic carbocycles. The molecule has 0 aliphatic carbocycles. The summed E-state index contributed by atoms with van der Waals surface area (Å²) in [4.78, 5) is 54.2. The van der Waals surface area contributed by atoms with Gasteiger partial charge in [0.15, 0.2) is 0 Å². The fourth-order valence-electron chi connectivity index (χ4n) is 4.05. The Morgan fingerprint density at radius 2 is 1.39 bits per heavy atom. The van der Waals surface area contributed by atoms with E-state index in [1.807, 2.05) is 6.07 Å². The third-order valence-electron chi connectivity index (χ3n) is 5.78. The molecule has 3 amide bonds. The Bertz CT molecular complexity index is 979. The van der Waals surface area contributed by atoms with Crippen LogP contribution in [-0.2, 0) is 14.3 Å². The molecule has 7 nitrogen and oxygen atoms in total. The third kappa shape index (κ3) is 3.95. The number of nitrogens with zero attached hydrogens (tertiary/aromatic N) is 2. The lowest BCUT2D eigenvalue weighted by Gasteiger charge is -2.31. The molecular weight excluding hydrogens is 396 g/mol. The zero-order valence-corrected chi connectivity index (χ0v) is 17.3. The summed E-state index contributed by atoms with van der Waals surface area (Å²) in [6.07, 6.45) is 1.76. The van der Waals surface area contributed by atoms with Gasteiger partial charge in [0.25, 0.3) is 17.7 Å². The average molecular weight is 420 g/mol. The molecule has 0 N–H and O–H groups in total. The van der Waals surface area contributed by atoms with Gasteiger partial charge in [-0.05, 0) is 38.3 Å². The first-order chi connectivity index (χ1) is 15.0. The number of piperidine rings is 1. The molecule has 0 bridgehead atoms. The van der Waals surface area contributed by atoms with Crippen LogP contribution in [0.15, 0.2) is 54.6 Å². The van der Waals surface area contributed by atoms with Crippen molar-refractivity contribution in [2.45, 2.75) is 38.3 Å². The minimum absolute atomic E-state index is 0.260. The number of likely N-dealkylation sites (tertiary alicyclic amines) is 1. The highest BCUT2D eigenvalue weighted by molar-refractivity contribution is 6.22. The maximum Gasteiger partial charge on any atom is 0.330 e. The first-order valence-corrected chi connectivity index (χ1v) is 10.5. The highest BCUT2D eigenvalue weighted by atomic mass is 16.6. The van der Waals surface area contributed by atoms with Gasteiger partial charge in [-0.25, -0.2) is 4.79 Å². The molecule has 2 aliphatic rings. The van der Waals surface area contributed by atoms with Gasteiger partial charge in [-0.3, -0.25) is 19.3 Å². The molecule has 4 rings (SSSR count). The van der Waals surface area contributed by atoms with Gasteiger partial charge in [-0.2, -0.15) is 0 Å². The predicted octanol–water partition coefficient (Wildman–Crippen LogP) is 2.97. The Morgan fingerprint density at radius 3 is 1.97 bits per heavy atom. The molecule has 7 heteroatoms. The van der Waals surface area contributed by atoms with E-state index >= 15 is 0 Å². The summed E-state index contributed by atoms with van der Waals surface area (Å²) in [5.74, 6) is -2.16. The molecule has 0 radical (unpaired) electrons. The Balaban J connectivity index is 1.55.